The summed E-state index contributed by atoms with van der Waals surface area (Å²) >= 11 is 0. The topological polar surface area (TPSA) is 57.2 Å². The Balaban J connectivity index is 1.66. The Hall–Kier alpha value is -1.76. The molecule has 5 nitrogen and oxygen atoms in total. The van der Waals surface area contributed by atoms with Crippen LogP contribution in [0.4, 0.5) is 0 Å². The lowest BCUT2D eigenvalue weighted by molar-refractivity contribution is -0.169. The Bertz CT molecular complexity index is 563. The Morgan fingerprint density at radius 2 is 1.36 bits per heavy atom. The Morgan fingerprint density at radius 3 is 1.84 bits per heavy atom. The zero-order valence-corrected chi connectivity index (χ0v) is 14.3. The maximum atomic E-state index is 9.63. The molecule has 5 heteroatoms. The molecular weight excluding hydrogens is 320 g/mol. The van der Waals surface area contributed by atoms with Crippen molar-refractivity contribution >= 4 is 0 Å². The van der Waals surface area contributed by atoms with Crippen molar-refractivity contribution in [3.8, 4) is 0 Å². The number of ether oxygens (including phenoxy) is 4. The van der Waals surface area contributed by atoms with Crippen molar-refractivity contribution < 1.29 is 24.1 Å². The second kappa shape index (κ2) is 9.08. The zero-order valence-electron chi connectivity index (χ0n) is 14.3. The highest BCUT2D eigenvalue weighted by atomic mass is 16.7. The van der Waals surface area contributed by atoms with Crippen molar-refractivity contribution in [1.82, 2.24) is 0 Å². The summed E-state index contributed by atoms with van der Waals surface area (Å²) in [6, 6.07) is 19.8. The van der Waals surface area contributed by atoms with E-state index in [4.69, 9.17) is 18.9 Å². The maximum Gasteiger partial charge on any atom is 0.186 e. The van der Waals surface area contributed by atoms with E-state index in [0.29, 0.717) is 13.2 Å². The number of aliphatic hydroxyl groups excluding tert-OH is 1. The van der Waals surface area contributed by atoms with Crippen LogP contribution in [0.25, 0.3) is 0 Å². The molecule has 25 heavy (non-hydrogen) atoms. The van der Waals surface area contributed by atoms with E-state index in [1.807, 2.05) is 60.7 Å². The number of hydrogen-bond donors (Lipinski definition) is 1. The Labute approximate surface area is 148 Å². The van der Waals surface area contributed by atoms with Crippen molar-refractivity contribution in [2.75, 3.05) is 13.7 Å². The summed E-state index contributed by atoms with van der Waals surface area (Å²) in [5, 5.41) is 9.63. The van der Waals surface area contributed by atoms with Gasteiger partial charge in [0.1, 0.15) is 18.3 Å². The van der Waals surface area contributed by atoms with Crippen LogP contribution >= 0.6 is 0 Å². The van der Waals surface area contributed by atoms with Gasteiger partial charge in [-0.2, -0.15) is 0 Å². The summed E-state index contributed by atoms with van der Waals surface area (Å²) in [4.78, 5) is 0. The molecule has 134 valence electrons. The molecule has 3 rings (SSSR count). The second-order valence-corrected chi connectivity index (χ2v) is 5.98. The second-order valence-electron chi connectivity index (χ2n) is 5.98. The largest absolute Gasteiger partial charge is 0.394 e. The van der Waals surface area contributed by atoms with Gasteiger partial charge in [0.05, 0.1) is 19.8 Å². The first-order valence-electron chi connectivity index (χ1n) is 8.42. The molecule has 0 aliphatic carbocycles. The number of hydrogen-bond acceptors (Lipinski definition) is 5. The van der Waals surface area contributed by atoms with Gasteiger partial charge in [-0.25, -0.2) is 0 Å². The molecule has 0 radical (unpaired) electrons. The van der Waals surface area contributed by atoms with Crippen LogP contribution in [0.1, 0.15) is 11.1 Å². The Morgan fingerprint density at radius 1 is 0.840 bits per heavy atom. The summed E-state index contributed by atoms with van der Waals surface area (Å²) in [5.41, 5.74) is 2.12. The molecule has 1 fully saturated rings. The highest BCUT2D eigenvalue weighted by Crippen LogP contribution is 2.28. The quantitative estimate of drug-likeness (QED) is 0.797. The average molecular weight is 344 g/mol. The van der Waals surface area contributed by atoms with E-state index in [0.717, 1.165) is 11.1 Å². The summed E-state index contributed by atoms with van der Waals surface area (Å²) in [5.74, 6) is 0. The lowest BCUT2D eigenvalue weighted by atomic mass is 10.1. The fourth-order valence-corrected chi connectivity index (χ4v) is 2.94. The van der Waals surface area contributed by atoms with Gasteiger partial charge >= 0.3 is 0 Å². The lowest BCUT2D eigenvalue weighted by Crippen LogP contribution is -2.39. The van der Waals surface area contributed by atoms with Crippen LogP contribution in [0.15, 0.2) is 60.7 Å². The number of aliphatic hydroxyl groups is 1. The first-order chi connectivity index (χ1) is 12.3. The summed E-state index contributed by atoms with van der Waals surface area (Å²) < 4.78 is 23.2. The highest BCUT2D eigenvalue weighted by molar-refractivity contribution is 5.14. The normalized spacial score (nSPS) is 26.0. The average Bonchev–Trinajstić information content (AvgIpc) is 3.03. The summed E-state index contributed by atoms with van der Waals surface area (Å²) in [7, 11) is 1.57. The molecule has 0 aromatic heterocycles. The lowest BCUT2D eigenvalue weighted by Gasteiger charge is -2.24. The van der Waals surface area contributed by atoms with E-state index >= 15 is 0 Å². The van der Waals surface area contributed by atoms with E-state index in [-0.39, 0.29) is 6.61 Å². The molecule has 2 aromatic rings. The molecule has 4 atom stereocenters. The third kappa shape index (κ3) is 4.66. The van der Waals surface area contributed by atoms with Gasteiger partial charge in [0.2, 0.25) is 0 Å². The van der Waals surface area contributed by atoms with Crippen LogP contribution < -0.4 is 0 Å². The van der Waals surface area contributed by atoms with Crippen LogP contribution in [-0.2, 0) is 32.2 Å². The number of benzene rings is 2. The van der Waals surface area contributed by atoms with Crippen LogP contribution in [0.2, 0.25) is 0 Å². The van der Waals surface area contributed by atoms with Gasteiger partial charge in [0.25, 0.3) is 0 Å². The van der Waals surface area contributed by atoms with Gasteiger partial charge in [-0.3, -0.25) is 0 Å². The molecule has 1 aliphatic rings. The van der Waals surface area contributed by atoms with Crippen LogP contribution in [0, 0.1) is 0 Å². The molecule has 1 saturated heterocycles. The van der Waals surface area contributed by atoms with Gasteiger partial charge in [0, 0.05) is 7.11 Å². The fourth-order valence-electron chi connectivity index (χ4n) is 2.94. The minimum absolute atomic E-state index is 0.148. The first kappa shape index (κ1) is 18.0. The van der Waals surface area contributed by atoms with Gasteiger partial charge in [0.15, 0.2) is 6.29 Å². The maximum absolute atomic E-state index is 9.63. The standard InChI is InChI=1S/C20H24O5/c1-22-20-19(24-14-16-10-6-3-7-11-16)18(17(12-21)25-20)23-13-15-8-4-2-5-9-15/h2-11,17-21H,12-14H2,1H3/t17-,18+,19-,20+/m1/s1. The molecule has 0 unspecified atom stereocenters. The van der Waals surface area contributed by atoms with Gasteiger partial charge in [-0.15, -0.1) is 0 Å². The fraction of sp³-hybridized carbons (Fsp3) is 0.400. The third-order valence-electron chi connectivity index (χ3n) is 4.25. The van der Waals surface area contributed by atoms with E-state index < -0.39 is 24.6 Å². The molecule has 0 saturated carbocycles. The van der Waals surface area contributed by atoms with Crippen LogP contribution in [0.3, 0.4) is 0 Å². The van der Waals surface area contributed by atoms with Gasteiger partial charge in [-0.05, 0) is 11.1 Å². The number of methoxy groups -OCH3 is 1. The van der Waals surface area contributed by atoms with E-state index in [1.165, 1.54) is 0 Å². The van der Waals surface area contributed by atoms with Crippen molar-refractivity contribution in [1.29, 1.82) is 0 Å². The van der Waals surface area contributed by atoms with Gasteiger partial charge in [-0.1, -0.05) is 60.7 Å². The summed E-state index contributed by atoms with van der Waals surface area (Å²) in [6.45, 7) is 0.704. The minimum atomic E-state index is -0.568. The van der Waals surface area contributed by atoms with Crippen molar-refractivity contribution in [3.05, 3.63) is 71.8 Å². The van der Waals surface area contributed by atoms with Crippen molar-refractivity contribution in [2.24, 2.45) is 0 Å². The molecule has 1 heterocycles. The Kier molecular flexibility index (Phi) is 6.55. The predicted molar refractivity (Wildman–Crippen MR) is 92.8 cm³/mol. The van der Waals surface area contributed by atoms with E-state index in [9.17, 15) is 5.11 Å². The predicted octanol–water partition coefficient (Wildman–Crippen LogP) is 2.52. The van der Waals surface area contributed by atoms with E-state index in [2.05, 4.69) is 0 Å². The van der Waals surface area contributed by atoms with Crippen molar-refractivity contribution in [2.45, 2.75) is 37.8 Å². The first-order valence-corrected chi connectivity index (χ1v) is 8.42. The zero-order chi connectivity index (χ0) is 17.5. The minimum Gasteiger partial charge on any atom is -0.394 e. The third-order valence-corrected chi connectivity index (χ3v) is 4.25. The molecule has 2 aromatic carbocycles. The van der Waals surface area contributed by atoms with E-state index in [1.54, 1.807) is 7.11 Å². The summed E-state index contributed by atoms with van der Waals surface area (Å²) in [6.07, 6.45) is -1.86. The van der Waals surface area contributed by atoms with Crippen molar-refractivity contribution in [3.63, 3.8) is 0 Å². The highest BCUT2D eigenvalue weighted by Gasteiger charge is 2.46. The van der Waals surface area contributed by atoms with Crippen LogP contribution in [0.5, 0.6) is 0 Å². The molecule has 1 N–H and O–H groups in total. The van der Waals surface area contributed by atoms with Crippen LogP contribution in [-0.4, -0.2) is 43.4 Å². The molecule has 0 bridgehead atoms. The monoisotopic (exact) mass is 344 g/mol. The smallest absolute Gasteiger partial charge is 0.186 e. The molecule has 0 spiro atoms. The molecular formula is C20H24O5. The SMILES string of the molecule is CO[C@H]1O[C@H](CO)[C@H](OCc2ccccc2)[C@H]1OCc1ccccc1. The molecule has 0 amide bonds. The van der Waals surface area contributed by atoms with Gasteiger partial charge < -0.3 is 24.1 Å². The molecule has 1 aliphatic heterocycles. The number of rotatable bonds is 8.